The minimum Gasteiger partial charge on any atom is -0.313 e. The Morgan fingerprint density at radius 1 is 1.33 bits per heavy atom. The standard InChI is InChI=1S/C13H21NS/c1-10-6-5-7-12(11(10)2)13(14-3)8-9-15-4/h5-7,13-14H,8-9H2,1-4H3. The monoisotopic (exact) mass is 223 g/mol. The number of rotatable bonds is 5. The molecule has 1 aromatic carbocycles. The van der Waals surface area contributed by atoms with Crippen LogP contribution >= 0.6 is 11.8 Å². The van der Waals surface area contributed by atoms with Gasteiger partial charge in [0, 0.05) is 6.04 Å². The van der Waals surface area contributed by atoms with Gasteiger partial charge in [0.25, 0.3) is 0 Å². The van der Waals surface area contributed by atoms with E-state index in [2.05, 4.69) is 43.6 Å². The lowest BCUT2D eigenvalue weighted by molar-refractivity contribution is 0.578. The molecule has 0 aliphatic rings. The Kier molecular flexibility index (Phi) is 5.20. The fraction of sp³-hybridized carbons (Fsp3) is 0.538. The van der Waals surface area contributed by atoms with Gasteiger partial charge in [0.2, 0.25) is 0 Å². The molecule has 0 heterocycles. The maximum absolute atomic E-state index is 3.41. The summed E-state index contributed by atoms with van der Waals surface area (Å²) in [5, 5.41) is 3.41. The minimum atomic E-state index is 0.498. The average molecular weight is 223 g/mol. The summed E-state index contributed by atoms with van der Waals surface area (Å²) in [6, 6.07) is 7.07. The zero-order valence-corrected chi connectivity index (χ0v) is 10.9. The molecule has 1 unspecified atom stereocenters. The van der Waals surface area contributed by atoms with Crippen molar-refractivity contribution in [2.75, 3.05) is 19.1 Å². The molecule has 0 saturated heterocycles. The van der Waals surface area contributed by atoms with E-state index in [1.807, 2.05) is 18.8 Å². The highest BCUT2D eigenvalue weighted by molar-refractivity contribution is 7.98. The zero-order valence-electron chi connectivity index (χ0n) is 10.1. The van der Waals surface area contributed by atoms with E-state index in [1.165, 1.54) is 28.9 Å². The predicted octanol–water partition coefficient (Wildman–Crippen LogP) is 3.32. The van der Waals surface area contributed by atoms with Crippen LogP contribution in [0.3, 0.4) is 0 Å². The first-order valence-corrected chi connectivity index (χ1v) is 6.82. The van der Waals surface area contributed by atoms with Crippen molar-refractivity contribution in [1.29, 1.82) is 0 Å². The number of nitrogens with one attached hydrogen (secondary N) is 1. The maximum atomic E-state index is 3.41. The van der Waals surface area contributed by atoms with E-state index in [0.717, 1.165) is 0 Å². The van der Waals surface area contributed by atoms with Crippen molar-refractivity contribution >= 4 is 11.8 Å². The number of benzene rings is 1. The largest absolute Gasteiger partial charge is 0.313 e. The molecular formula is C13H21NS. The molecule has 2 heteroatoms. The number of thioether (sulfide) groups is 1. The Morgan fingerprint density at radius 2 is 2.07 bits per heavy atom. The maximum Gasteiger partial charge on any atom is 0.0328 e. The van der Waals surface area contributed by atoms with Crippen LogP contribution in [-0.2, 0) is 0 Å². The smallest absolute Gasteiger partial charge is 0.0328 e. The molecule has 0 spiro atoms. The van der Waals surface area contributed by atoms with Gasteiger partial charge in [-0.15, -0.1) is 0 Å². The molecule has 0 amide bonds. The number of aryl methyl sites for hydroxylation is 1. The van der Waals surface area contributed by atoms with Gasteiger partial charge in [-0.2, -0.15) is 11.8 Å². The molecule has 84 valence electrons. The number of hydrogen-bond acceptors (Lipinski definition) is 2. The lowest BCUT2D eigenvalue weighted by Gasteiger charge is -2.19. The summed E-state index contributed by atoms with van der Waals surface area (Å²) >= 11 is 1.91. The highest BCUT2D eigenvalue weighted by atomic mass is 32.2. The molecule has 0 aromatic heterocycles. The van der Waals surface area contributed by atoms with Crippen molar-refractivity contribution in [3.8, 4) is 0 Å². The van der Waals surface area contributed by atoms with Gasteiger partial charge in [-0.25, -0.2) is 0 Å². The van der Waals surface area contributed by atoms with Gasteiger partial charge in [-0.05, 0) is 56.0 Å². The number of hydrogen-bond donors (Lipinski definition) is 1. The quantitative estimate of drug-likeness (QED) is 0.822. The summed E-state index contributed by atoms with van der Waals surface area (Å²) < 4.78 is 0. The zero-order chi connectivity index (χ0) is 11.3. The normalized spacial score (nSPS) is 12.8. The Hall–Kier alpha value is -0.470. The molecule has 0 bridgehead atoms. The van der Waals surface area contributed by atoms with E-state index < -0.39 is 0 Å². The Balaban J connectivity index is 2.86. The van der Waals surface area contributed by atoms with Crippen molar-refractivity contribution in [2.45, 2.75) is 26.3 Å². The second-order valence-electron chi connectivity index (χ2n) is 3.91. The molecule has 0 saturated carbocycles. The molecule has 0 radical (unpaired) electrons. The average Bonchev–Trinajstić information content (AvgIpc) is 2.25. The van der Waals surface area contributed by atoms with Gasteiger partial charge in [-0.3, -0.25) is 0 Å². The summed E-state index contributed by atoms with van der Waals surface area (Å²) in [5.74, 6) is 1.21. The first-order valence-electron chi connectivity index (χ1n) is 5.43. The summed E-state index contributed by atoms with van der Waals surface area (Å²) in [5.41, 5.74) is 4.27. The van der Waals surface area contributed by atoms with Crippen molar-refractivity contribution in [2.24, 2.45) is 0 Å². The van der Waals surface area contributed by atoms with Gasteiger partial charge in [0.15, 0.2) is 0 Å². The van der Waals surface area contributed by atoms with Gasteiger partial charge in [0.05, 0.1) is 0 Å². The molecular weight excluding hydrogens is 202 g/mol. The van der Waals surface area contributed by atoms with E-state index in [4.69, 9.17) is 0 Å². The van der Waals surface area contributed by atoms with E-state index in [-0.39, 0.29) is 0 Å². The summed E-state index contributed by atoms with van der Waals surface area (Å²) in [7, 11) is 2.05. The summed E-state index contributed by atoms with van der Waals surface area (Å²) in [6.07, 6.45) is 3.36. The molecule has 1 aromatic rings. The molecule has 1 rings (SSSR count). The third-order valence-electron chi connectivity index (χ3n) is 2.98. The van der Waals surface area contributed by atoms with Crippen LogP contribution in [0.4, 0.5) is 0 Å². The second kappa shape index (κ2) is 6.19. The lowest BCUT2D eigenvalue weighted by atomic mass is 9.96. The molecule has 1 nitrogen and oxygen atoms in total. The first kappa shape index (κ1) is 12.6. The van der Waals surface area contributed by atoms with Gasteiger partial charge in [-0.1, -0.05) is 18.2 Å². The highest BCUT2D eigenvalue weighted by Gasteiger charge is 2.11. The molecule has 0 aliphatic heterocycles. The fourth-order valence-corrected chi connectivity index (χ4v) is 2.31. The van der Waals surface area contributed by atoms with Crippen LogP contribution in [-0.4, -0.2) is 19.1 Å². The van der Waals surface area contributed by atoms with Gasteiger partial charge >= 0.3 is 0 Å². The second-order valence-corrected chi connectivity index (χ2v) is 4.90. The highest BCUT2D eigenvalue weighted by Crippen LogP contribution is 2.23. The van der Waals surface area contributed by atoms with E-state index in [1.54, 1.807) is 0 Å². The van der Waals surface area contributed by atoms with Crippen LogP contribution in [0.25, 0.3) is 0 Å². The Morgan fingerprint density at radius 3 is 2.67 bits per heavy atom. The van der Waals surface area contributed by atoms with Crippen molar-refractivity contribution < 1.29 is 0 Å². The van der Waals surface area contributed by atoms with Crippen LogP contribution in [0.2, 0.25) is 0 Å². The molecule has 0 aliphatic carbocycles. The third kappa shape index (κ3) is 3.25. The summed E-state index contributed by atoms with van der Waals surface area (Å²) in [4.78, 5) is 0. The van der Waals surface area contributed by atoms with Crippen LogP contribution in [0.1, 0.15) is 29.2 Å². The van der Waals surface area contributed by atoms with Crippen molar-refractivity contribution in [3.63, 3.8) is 0 Å². The SMILES string of the molecule is CNC(CCSC)c1cccc(C)c1C. The molecule has 15 heavy (non-hydrogen) atoms. The van der Waals surface area contributed by atoms with Crippen LogP contribution in [0.5, 0.6) is 0 Å². The minimum absolute atomic E-state index is 0.498. The molecule has 1 atom stereocenters. The van der Waals surface area contributed by atoms with Crippen LogP contribution in [0.15, 0.2) is 18.2 Å². The van der Waals surface area contributed by atoms with E-state index >= 15 is 0 Å². The van der Waals surface area contributed by atoms with Crippen LogP contribution < -0.4 is 5.32 Å². The van der Waals surface area contributed by atoms with Crippen molar-refractivity contribution in [1.82, 2.24) is 5.32 Å². The first-order chi connectivity index (χ1) is 7.20. The topological polar surface area (TPSA) is 12.0 Å². The van der Waals surface area contributed by atoms with Crippen molar-refractivity contribution in [3.05, 3.63) is 34.9 Å². The lowest BCUT2D eigenvalue weighted by Crippen LogP contribution is -2.18. The molecule has 1 N–H and O–H groups in total. The third-order valence-corrected chi connectivity index (χ3v) is 3.63. The van der Waals surface area contributed by atoms with Gasteiger partial charge in [0.1, 0.15) is 0 Å². The van der Waals surface area contributed by atoms with E-state index in [0.29, 0.717) is 6.04 Å². The predicted molar refractivity (Wildman–Crippen MR) is 70.7 cm³/mol. The van der Waals surface area contributed by atoms with Gasteiger partial charge < -0.3 is 5.32 Å². The fourth-order valence-electron chi connectivity index (χ4n) is 1.84. The van der Waals surface area contributed by atoms with E-state index in [9.17, 15) is 0 Å². The molecule has 0 fully saturated rings. The van der Waals surface area contributed by atoms with Crippen LogP contribution in [0, 0.1) is 13.8 Å². The Bertz CT molecular complexity index is 309. The summed E-state index contributed by atoms with van der Waals surface area (Å²) in [6.45, 7) is 4.40. The Labute approximate surface area is 97.7 Å².